The third-order valence-corrected chi connectivity index (χ3v) is 4.44. The van der Waals surface area contributed by atoms with Crippen LogP contribution in [0.3, 0.4) is 0 Å². The number of aliphatic hydroxyl groups excluding tert-OH is 1. The lowest BCUT2D eigenvalue weighted by Crippen LogP contribution is -2.31. The van der Waals surface area contributed by atoms with Crippen LogP contribution in [0.2, 0.25) is 5.02 Å². The van der Waals surface area contributed by atoms with Gasteiger partial charge in [-0.15, -0.1) is 0 Å². The summed E-state index contributed by atoms with van der Waals surface area (Å²) >= 11 is 6.25. The second kappa shape index (κ2) is 11.0. The molecule has 1 atom stereocenters. The highest BCUT2D eigenvalue weighted by Crippen LogP contribution is 2.25. The van der Waals surface area contributed by atoms with Gasteiger partial charge in [0.25, 0.3) is 0 Å². The summed E-state index contributed by atoms with van der Waals surface area (Å²) in [6.07, 6.45) is 6.88. The van der Waals surface area contributed by atoms with Crippen LogP contribution in [0.4, 0.5) is 0 Å². The molecule has 1 aromatic rings. The Kier molecular flexibility index (Phi) is 9.77. The molecule has 0 amide bonds. The van der Waals surface area contributed by atoms with Crippen molar-refractivity contribution < 1.29 is 5.11 Å². The predicted molar refractivity (Wildman–Crippen MR) is 96.6 cm³/mol. The van der Waals surface area contributed by atoms with E-state index >= 15 is 0 Å². The average Bonchev–Trinajstić information content (AvgIpc) is 2.49. The minimum atomic E-state index is -0.504. The molecule has 1 rings (SSSR count). The molecule has 22 heavy (non-hydrogen) atoms. The maximum absolute atomic E-state index is 10.6. The number of nitrogens with zero attached hydrogens (tertiary/aromatic N) is 1. The van der Waals surface area contributed by atoms with E-state index in [1.165, 1.54) is 38.5 Å². The van der Waals surface area contributed by atoms with Gasteiger partial charge in [0.1, 0.15) is 0 Å². The zero-order chi connectivity index (χ0) is 16.4. The molecule has 0 heterocycles. The van der Waals surface area contributed by atoms with Crippen LogP contribution in [0.1, 0.15) is 69.6 Å². The number of aliphatic hydroxyl groups is 1. The molecule has 0 radical (unpaired) electrons. The SMILES string of the molecule is CCCCCN(CCCCC)CC(O)c1cc(C)ccc1Cl. The van der Waals surface area contributed by atoms with Gasteiger partial charge >= 0.3 is 0 Å². The molecule has 0 saturated carbocycles. The van der Waals surface area contributed by atoms with E-state index in [4.69, 9.17) is 11.6 Å². The van der Waals surface area contributed by atoms with Gasteiger partial charge < -0.3 is 10.0 Å². The highest BCUT2D eigenvalue weighted by Gasteiger charge is 2.16. The molecule has 0 saturated heterocycles. The minimum absolute atomic E-state index is 0.504. The molecule has 0 aliphatic heterocycles. The normalized spacial score (nSPS) is 12.8. The van der Waals surface area contributed by atoms with Gasteiger partial charge in [-0.2, -0.15) is 0 Å². The fourth-order valence-corrected chi connectivity index (χ4v) is 2.97. The van der Waals surface area contributed by atoms with Crippen LogP contribution >= 0.6 is 11.6 Å². The molecule has 126 valence electrons. The first-order valence-corrected chi connectivity index (χ1v) is 9.12. The van der Waals surface area contributed by atoms with Gasteiger partial charge in [-0.25, -0.2) is 0 Å². The van der Waals surface area contributed by atoms with Gasteiger partial charge in [0.2, 0.25) is 0 Å². The summed E-state index contributed by atoms with van der Waals surface area (Å²) in [6, 6.07) is 5.87. The second-order valence-corrected chi connectivity index (χ2v) is 6.66. The van der Waals surface area contributed by atoms with Crippen molar-refractivity contribution in [3.8, 4) is 0 Å². The van der Waals surface area contributed by atoms with Crippen LogP contribution in [-0.4, -0.2) is 29.6 Å². The van der Waals surface area contributed by atoms with E-state index < -0.39 is 6.10 Å². The molecule has 3 heteroatoms. The van der Waals surface area contributed by atoms with Crippen molar-refractivity contribution in [2.75, 3.05) is 19.6 Å². The van der Waals surface area contributed by atoms with Gasteiger partial charge in [0.15, 0.2) is 0 Å². The average molecular weight is 326 g/mol. The summed E-state index contributed by atoms with van der Waals surface area (Å²) in [4.78, 5) is 2.40. The van der Waals surface area contributed by atoms with Crippen LogP contribution in [0.25, 0.3) is 0 Å². The van der Waals surface area contributed by atoms with Gasteiger partial charge in [0, 0.05) is 17.1 Å². The standard InChI is InChI=1S/C19H32ClNO/c1-4-6-8-12-21(13-9-7-5-2)15-19(22)17-14-16(3)10-11-18(17)20/h10-11,14,19,22H,4-9,12-13,15H2,1-3H3. The van der Waals surface area contributed by atoms with Crippen LogP contribution in [0.5, 0.6) is 0 Å². The zero-order valence-corrected chi connectivity index (χ0v) is 15.2. The van der Waals surface area contributed by atoms with Crippen LogP contribution < -0.4 is 0 Å². The first kappa shape index (κ1) is 19.5. The predicted octanol–water partition coefficient (Wildman–Crippen LogP) is 5.36. The van der Waals surface area contributed by atoms with Gasteiger partial charge in [-0.05, 0) is 38.9 Å². The summed E-state index contributed by atoms with van der Waals surface area (Å²) in [5.41, 5.74) is 2.00. The summed E-state index contributed by atoms with van der Waals surface area (Å²) in [5.74, 6) is 0. The molecule has 0 aliphatic rings. The van der Waals surface area contributed by atoms with E-state index in [2.05, 4.69) is 18.7 Å². The number of benzene rings is 1. The Hall–Kier alpha value is -0.570. The minimum Gasteiger partial charge on any atom is -0.387 e. The van der Waals surface area contributed by atoms with Crippen molar-refractivity contribution in [2.45, 2.75) is 65.4 Å². The molecule has 1 unspecified atom stereocenters. The zero-order valence-electron chi connectivity index (χ0n) is 14.4. The van der Waals surface area contributed by atoms with Crippen LogP contribution in [0.15, 0.2) is 18.2 Å². The molecule has 1 N–H and O–H groups in total. The summed E-state index contributed by atoms with van der Waals surface area (Å²) < 4.78 is 0. The van der Waals surface area contributed by atoms with E-state index in [1.54, 1.807) is 0 Å². The highest BCUT2D eigenvalue weighted by molar-refractivity contribution is 6.31. The lowest BCUT2D eigenvalue weighted by Gasteiger charge is -2.26. The molecule has 2 nitrogen and oxygen atoms in total. The Balaban J connectivity index is 2.62. The third-order valence-electron chi connectivity index (χ3n) is 4.10. The number of unbranched alkanes of at least 4 members (excludes halogenated alkanes) is 4. The van der Waals surface area contributed by atoms with E-state index in [-0.39, 0.29) is 0 Å². The number of hydrogen-bond donors (Lipinski definition) is 1. The smallest absolute Gasteiger partial charge is 0.0931 e. The lowest BCUT2D eigenvalue weighted by molar-refractivity contribution is 0.110. The van der Waals surface area contributed by atoms with Crippen molar-refractivity contribution in [3.05, 3.63) is 34.3 Å². The Morgan fingerprint density at radius 1 is 1.05 bits per heavy atom. The monoisotopic (exact) mass is 325 g/mol. The first-order chi connectivity index (χ1) is 10.6. The molecule has 1 aromatic carbocycles. The fourth-order valence-electron chi connectivity index (χ4n) is 2.73. The third kappa shape index (κ3) is 7.13. The van der Waals surface area contributed by atoms with E-state index in [0.29, 0.717) is 11.6 Å². The lowest BCUT2D eigenvalue weighted by atomic mass is 10.1. The first-order valence-electron chi connectivity index (χ1n) is 8.75. The maximum atomic E-state index is 10.6. The van der Waals surface area contributed by atoms with E-state index in [9.17, 15) is 5.11 Å². The van der Waals surface area contributed by atoms with Crippen LogP contribution in [-0.2, 0) is 0 Å². The number of aryl methyl sites for hydroxylation is 1. The van der Waals surface area contributed by atoms with Crippen molar-refractivity contribution in [1.82, 2.24) is 4.90 Å². The Morgan fingerprint density at radius 2 is 1.64 bits per heavy atom. The largest absolute Gasteiger partial charge is 0.387 e. The number of hydrogen-bond acceptors (Lipinski definition) is 2. The van der Waals surface area contributed by atoms with Gasteiger partial charge in [0.05, 0.1) is 6.10 Å². The fraction of sp³-hybridized carbons (Fsp3) is 0.684. The Morgan fingerprint density at radius 3 is 2.18 bits per heavy atom. The molecule has 0 fully saturated rings. The molecule has 0 aliphatic carbocycles. The summed E-state index contributed by atoms with van der Waals surface area (Å²) in [7, 11) is 0. The molecular weight excluding hydrogens is 294 g/mol. The Bertz CT molecular complexity index is 412. The highest BCUT2D eigenvalue weighted by atomic mass is 35.5. The second-order valence-electron chi connectivity index (χ2n) is 6.26. The van der Waals surface area contributed by atoms with Crippen molar-refractivity contribution in [1.29, 1.82) is 0 Å². The molecular formula is C19H32ClNO. The topological polar surface area (TPSA) is 23.5 Å². The molecule has 0 bridgehead atoms. The van der Waals surface area contributed by atoms with Gasteiger partial charge in [-0.1, -0.05) is 68.8 Å². The summed E-state index contributed by atoms with van der Waals surface area (Å²) in [6.45, 7) is 9.30. The van der Waals surface area contributed by atoms with Crippen molar-refractivity contribution >= 4 is 11.6 Å². The van der Waals surface area contributed by atoms with Crippen molar-refractivity contribution in [2.24, 2.45) is 0 Å². The van der Waals surface area contributed by atoms with E-state index in [0.717, 1.165) is 24.2 Å². The number of rotatable bonds is 11. The number of halogens is 1. The van der Waals surface area contributed by atoms with Crippen LogP contribution in [0, 0.1) is 6.92 Å². The maximum Gasteiger partial charge on any atom is 0.0931 e. The Labute approximate surface area is 141 Å². The summed E-state index contributed by atoms with van der Waals surface area (Å²) in [5, 5.41) is 11.2. The van der Waals surface area contributed by atoms with E-state index in [1.807, 2.05) is 25.1 Å². The van der Waals surface area contributed by atoms with Gasteiger partial charge in [-0.3, -0.25) is 0 Å². The molecule has 0 aromatic heterocycles. The van der Waals surface area contributed by atoms with Crippen molar-refractivity contribution in [3.63, 3.8) is 0 Å². The quantitative estimate of drug-likeness (QED) is 0.553. The molecule has 0 spiro atoms.